The van der Waals surface area contributed by atoms with Gasteiger partial charge >= 0.3 is 0 Å². The Morgan fingerprint density at radius 2 is 2.27 bits per heavy atom. The van der Waals surface area contributed by atoms with Crippen molar-refractivity contribution < 1.29 is 9.47 Å². The molecule has 0 N–H and O–H groups in total. The molecular formula is C9H11O2. The summed E-state index contributed by atoms with van der Waals surface area (Å²) < 4.78 is 9.87. The number of ether oxygens (including phenoxy) is 2. The van der Waals surface area contributed by atoms with E-state index in [1.807, 2.05) is 25.1 Å². The van der Waals surface area contributed by atoms with Gasteiger partial charge in [0.05, 0.1) is 0 Å². The highest BCUT2D eigenvalue weighted by molar-refractivity contribution is 5.24. The fourth-order valence-corrected chi connectivity index (χ4v) is 0.701. The predicted molar refractivity (Wildman–Crippen MR) is 42.5 cm³/mol. The van der Waals surface area contributed by atoms with Gasteiger partial charge in [-0.15, -0.1) is 0 Å². The Labute approximate surface area is 66.8 Å². The van der Waals surface area contributed by atoms with E-state index in [0.717, 1.165) is 5.75 Å². The lowest BCUT2D eigenvalue weighted by atomic mass is 10.2. The molecule has 2 nitrogen and oxygen atoms in total. The van der Waals surface area contributed by atoms with Crippen LogP contribution in [0.15, 0.2) is 18.2 Å². The smallest absolute Gasteiger partial charge is 0.188 e. The summed E-state index contributed by atoms with van der Waals surface area (Å²) in [5.41, 5.74) is 1.18. The van der Waals surface area contributed by atoms with Crippen LogP contribution in [-0.4, -0.2) is 13.9 Å². The molecule has 0 aliphatic carbocycles. The maximum atomic E-state index is 5.13. The van der Waals surface area contributed by atoms with E-state index in [2.05, 4.69) is 6.07 Å². The van der Waals surface area contributed by atoms with E-state index in [1.165, 1.54) is 5.56 Å². The Kier molecular flexibility index (Phi) is 2.93. The van der Waals surface area contributed by atoms with Gasteiger partial charge < -0.3 is 9.47 Å². The number of hydrogen-bond donors (Lipinski definition) is 0. The first kappa shape index (κ1) is 8.08. The summed E-state index contributed by atoms with van der Waals surface area (Å²) in [4.78, 5) is 0. The zero-order chi connectivity index (χ0) is 8.10. The minimum atomic E-state index is 0.277. The van der Waals surface area contributed by atoms with Crippen molar-refractivity contribution in [2.45, 2.75) is 6.92 Å². The van der Waals surface area contributed by atoms with Crippen molar-refractivity contribution in [2.24, 2.45) is 0 Å². The summed E-state index contributed by atoms with van der Waals surface area (Å²) in [5, 5.41) is 0. The molecule has 0 atom stereocenters. The van der Waals surface area contributed by atoms with Crippen molar-refractivity contribution in [3.63, 3.8) is 0 Å². The summed E-state index contributed by atoms with van der Waals surface area (Å²) in [5.74, 6) is 0.720. The number of hydrogen-bond acceptors (Lipinski definition) is 2. The predicted octanol–water partition coefficient (Wildman–Crippen LogP) is 1.78. The first-order chi connectivity index (χ1) is 5.33. The zero-order valence-corrected chi connectivity index (χ0v) is 6.76. The molecule has 0 aliphatic rings. The van der Waals surface area contributed by atoms with Gasteiger partial charge in [0.1, 0.15) is 5.75 Å². The second-order valence-electron chi connectivity index (χ2n) is 2.28. The molecule has 0 bridgehead atoms. The van der Waals surface area contributed by atoms with Crippen molar-refractivity contribution in [3.8, 4) is 5.75 Å². The Morgan fingerprint density at radius 1 is 1.45 bits per heavy atom. The van der Waals surface area contributed by atoms with Crippen LogP contribution in [0.4, 0.5) is 0 Å². The van der Waals surface area contributed by atoms with Crippen molar-refractivity contribution in [1.29, 1.82) is 0 Å². The lowest BCUT2D eigenvalue weighted by Crippen LogP contribution is -1.98. The molecule has 2 heteroatoms. The largest absolute Gasteiger partial charge is 0.467 e. The second-order valence-corrected chi connectivity index (χ2v) is 2.28. The highest BCUT2D eigenvalue weighted by Crippen LogP contribution is 2.09. The van der Waals surface area contributed by atoms with Crippen LogP contribution < -0.4 is 4.74 Å². The normalized spacial score (nSPS) is 9.64. The third-order valence-corrected chi connectivity index (χ3v) is 1.27. The SMILES string of the molecule is COCOc1[c]cc(C)cc1. The molecule has 1 radical (unpaired) electrons. The van der Waals surface area contributed by atoms with Gasteiger partial charge in [0.15, 0.2) is 6.79 Å². The van der Waals surface area contributed by atoms with Gasteiger partial charge in [0.2, 0.25) is 0 Å². The van der Waals surface area contributed by atoms with E-state index in [9.17, 15) is 0 Å². The van der Waals surface area contributed by atoms with E-state index in [4.69, 9.17) is 9.47 Å². The van der Waals surface area contributed by atoms with Crippen molar-refractivity contribution >= 4 is 0 Å². The lowest BCUT2D eigenvalue weighted by Gasteiger charge is -2.02. The van der Waals surface area contributed by atoms with E-state index < -0.39 is 0 Å². The van der Waals surface area contributed by atoms with Gasteiger partial charge in [0, 0.05) is 13.2 Å². The zero-order valence-electron chi connectivity index (χ0n) is 6.76. The molecule has 0 fully saturated rings. The van der Waals surface area contributed by atoms with Crippen LogP contribution in [0.2, 0.25) is 0 Å². The molecule has 0 amide bonds. The van der Waals surface area contributed by atoms with Crippen LogP contribution in [0.1, 0.15) is 5.56 Å². The Morgan fingerprint density at radius 3 is 2.82 bits per heavy atom. The number of methoxy groups -OCH3 is 1. The standard InChI is InChI=1S/C9H11O2/c1-8-3-5-9(6-4-8)11-7-10-2/h3-5H,7H2,1-2H3. The summed E-state index contributed by atoms with van der Waals surface area (Å²) >= 11 is 0. The van der Waals surface area contributed by atoms with Crippen LogP contribution >= 0.6 is 0 Å². The molecular weight excluding hydrogens is 140 g/mol. The van der Waals surface area contributed by atoms with Crippen LogP contribution in [0, 0.1) is 13.0 Å². The van der Waals surface area contributed by atoms with E-state index in [1.54, 1.807) is 7.11 Å². The van der Waals surface area contributed by atoms with Gasteiger partial charge in [-0.25, -0.2) is 0 Å². The molecule has 11 heavy (non-hydrogen) atoms. The maximum absolute atomic E-state index is 5.13. The molecule has 0 saturated heterocycles. The fraction of sp³-hybridized carbons (Fsp3) is 0.333. The van der Waals surface area contributed by atoms with E-state index >= 15 is 0 Å². The second kappa shape index (κ2) is 3.98. The average Bonchev–Trinajstić information content (AvgIpc) is 2.04. The van der Waals surface area contributed by atoms with Crippen molar-refractivity contribution in [1.82, 2.24) is 0 Å². The van der Waals surface area contributed by atoms with Gasteiger partial charge in [-0.2, -0.15) is 0 Å². The highest BCUT2D eigenvalue weighted by atomic mass is 16.7. The molecule has 0 spiro atoms. The molecule has 0 aliphatic heterocycles. The number of aryl methyl sites for hydroxylation is 1. The van der Waals surface area contributed by atoms with Crippen molar-refractivity contribution in [2.75, 3.05) is 13.9 Å². The molecule has 59 valence electrons. The first-order valence-corrected chi connectivity index (χ1v) is 3.43. The molecule has 1 aromatic rings. The van der Waals surface area contributed by atoms with Gasteiger partial charge in [-0.1, -0.05) is 11.6 Å². The molecule has 0 saturated carbocycles. The van der Waals surface area contributed by atoms with Gasteiger partial charge in [0.25, 0.3) is 0 Å². The summed E-state index contributed by atoms with van der Waals surface area (Å²) in [6.45, 7) is 2.29. The van der Waals surface area contributed by atoms with Crippen LogP contribution in [-0.2, 0) is 4.74 Å². The Hall–Kier alpha value is -1.02. The van der Waals surface area contributed by atoms with Gasteiger partial charge in [-0.3, -0.25) is 0 Å². The van der Waals surface area contributed by atoms with E-state index in [-0.39, 0.29) is 6.79 Å². The van der Waals surface area contributed by atoms with Crippen LogP contribution in [0.25, 0.3) is 0 Å². The molecule has 1 rings (SSSR count). The van der Waals surface area contributed by atoms with Crippen molar-refractivity contribution in [3.05, 3.63) is 29.8 Å². The van der Waals surface area contributed by atoms with Crippen LogP contribution in [0.5, 0.6) is 5.75 Å². The molecule has 0 heterocycles. The minimum absolute atomic E-state index is 0.277. The minimum Gasteiger partial charge on any atom is -0.467 e. The summed E-state index contributed by atoms with van der Waals surface area (Å²) in [6.07, 6.45) is 0. The summed E-state index contributed by atoms with van der Waals surface area (Å²) in [7, 11) is 1.59. The third-order valence-electron chi connectivity index (χ3n) is 1.27. The Balaban J connectivity index is 2.52. The highest BCUT2D eigenvalue weighted by Gasteiger charge is 1.90. The summed E-state index contributed by atoms with van der Waals surface area (Å²) in [6, 6.07) is 8.69. The molecule has 0 aromatic heterocycles. The monoisotopic (exact) mass is 151 g/mol. The van der Waals surface area contributed by atoms with E-state index in [0.29, 0.717) is 0 Å². The lowest BCUT2D eigenvalue weighted by molar-refractivity contribution is 0.0509. The van der Waals surface area contributed by atoms with Gasteiger partial charge in [-0.05, 0) is 19.1 Å². The fourth-order valence-electron chi connectivity index (χ4n) is 0.701. The average molecular weight is 151 g/mol. The maximum Gasteiger partial charge on any atom is 0.188 e. The Bertz CT molecular complexity index is 203. The third kappa shape index (κ3) is 2.60. The molecule has 1 aromatic carbocycles. The molecule has 0 unspecified atom stereocenters. The van der Waals surface area contributed by atoms with Crippen LogP contribution in [0.3, 0.4) is 0 Å². The quantitative estimate of drug-likeness (QED) is 0.613. The first-order valence-electron chi connectivity index (χ1n) is 3.43. The number of benzene rings is 1. The number of rotatable bonds is 3. The topological polar surface area (TPSA) is 18.5 Å².